The molecule has 9 heteroatoms. The van der Waals surface area contributed by atoms with Crippen LogP contribution >= 0.6 is 0 Å². The predicted molar refractivity (Wildman–Crippen MR) is 132 cm³/mol. The number of phenolic OH excluding ortho intramolecular Hbond substituents is 1. The van der Waals surface area contributed by atoms with Crippen molar-refractivity contribution in [2.75, 3.05) is 0 Å². The van der Waals surface area contributed by atoms with E-state index in [0.717, 1.165) is 6.08 Å². The van der Waals surface area contributed by atoms with Crippen LogP contribution in [0.25, 0.3) is 0 Å². The molecule has 2 bridgehead atoms. The van der Waals surface area contributed by atoms with Crippen molar-refractivity contribution in [2.45, 2.75) is 59.2 Å². The average molecular weight is 508 g/mol. The molecule has 37 heavy (non-hydrogen) atoms. The molecule has 0 spiro atoms. The second-order valence-corrected chi connectivity index (χ2v) is 9.89. The maximum Gasteiger partial charge on any atom is 0.320 e. The molecule has 0 fully saturated rings. The molecule has 1 amide bonds. The summed E-state index contributed by atoms with van der Waals surface area (Å²) in [6, 6.07) is 1.30. The lowest BCUT2D eigenvalue weighted by Gasteiger charge is -2.32. The number of cyclic esters (lactones) is 1. The van der Waals surface area contributed by atoms with Gasteiger partial charge in [-0.2, -0.15) is 0 Å². The van der Waals surface area contributed by atoms with Crippen molar-refractivity contribution in [1.29, 1.82) is 0 Å². The number of allylic oxidation sites excluding steroid dienone is 2. The minimum atomic E-state index is -1.91. The molecule has 0 saturated carbocycles. The van der Waals surface area contributed by atoms with Crippen molar-refractivity contribution >= 4 is 29.2 Å². The fourth-order valence-electron chi connectivity index (χ4n) is 4.92. The van der Waals surface area contributed by atoms with Crippen LogP contribution in [-0.2, 0) is 14.3 Å². The summed E-state index contributed by atoms with van der Waals surface area (Å²) in [6.07, 6.45) is 4.22. The quantitative estimate of drug-likeness (QED) is 0.388. The zero-order valence-corrected chi connectivity index (χ0v) is 21.1. The van der Waals surface area contributed by atoms with Crippen molar-refractivity contribution in [3.63, 3.8) is 0 Å². The van der Waals surface area contributed by atoms with Gasteiger partial charge in [0.15, 0.2) is 11.6 Å². The lowest BCUT2D eigenvalue weighted by molar-refractivity contribution is -0.158. The predicted octanol–water partition coefficient (Wildman–Crippen LogP) is 2.88. The minimum absolute atomic E-state index is 0.0331. The van der Waals surface area contributed by atoms with Crippen LogP contribution in [0.4, 0.5) is 0 Å². The molecule has 2 heterocycles. The van der Waals surface area contributed by atoms with Crippen LogP contribution in [0.5, 0.6) is 5.75 Å². The number of benzene rings is 1. The number of hydrogen-bond acceptors (Lipinski definition) is 8. The molecule has 0 saturated heterocycles. The maximum atomic E-state index is 14.1. The van der Waals surface area contributed by atoms with Gasteiger partial charge in [0, 0.05) is 29.2 Å². The molecule has 3 N–H and O–H groups in total. The van der Waals surface area contributed by atoms with Crippen molar-refractivity contribution in [1.82, 2.24) is 5.32 Å². The monoisotopic (exact) mass is 507 g/mol. The van der Waals surface area contributed by atoms with E-state index in [2.05, 4.69) is 5.32 Å². The average Bonchev–Trinajstić information content (AvgIpc) is 2.99. The van der Waals surface area contributed by atoms with Crippen molar-refractivity contribution < 1.29 is 38.9 Å². The summed E-state index contributed by atoms with van der Waals surface area (Å²) in [6.45, 7) is 6.24. The van der Waals surface area contributed by atoms with Gasteiger partial charge < -0.3 is 20.3 Å². The number of rotatable bonds is 1. The number of carbonyl (C=O) groups is 5. The number of aliphatic hydroxyl groups is 1. The van der Waals surface area contributed by atoms with Crippen LogP contribution in [0.1, 0.15) is 76.7 Å². The van der Waals surface area contributed by atoms with Crippen LogP contribution in [0.15, 0.2) is 41.6 Å². The second kappa shape index (κ2) is 9.55. The number of phenols is 1. The highest BCUT2D eigenvalue weighted by Crippen LogP contribution is 2.44. The first-order chi connectivity index (χ1) is 17.4. The first kappa shape index (κ1) is 26.2. The summed E-state index contributed by atoms with van der Waals surface area (Å²) in [5, 5.41) is 23.9. The van der Waals surface area contributed by atoms with Gasteiger partial charge in [-0.3, -0.25) is 24.0 Å². The van der Waals surface area contributed by atoms with E-state index in [4.69, 9.17) is 4.74 Å². The third kappa shape index (κ3) is 4.33. The van der Waals surface area contributed by atoms with Gasteiger partial charge >= 0.3 is 5.97 Å². The Morgan fingerprint density at radius 1 is 1.11 bits per heavy atom. The van der Waals surface area contributed by atoms with Gasteiger partial charge in [-0.25, -0.2) is 0 Å². The lowest BCUT2D eigenvalue weighted by Crippen LogP contribution is -2.42. The molecule has 0 radical (unpaired) electrons. The normalized spacial score (nSPS) is 29.2. The number of esters is 1. The largest absolute Gasteiger partial charge is 0.507 e. The third-order valence-electron chi connectivity index (χ3n) is 7.33. The molecule has 2 aliphatic heterocycles. The Kier molecular flexibility index (Phi) is 6.77. The first-order valence-corrected chi connectivity index (χ1v) is 12.2. The highest BCUT2D eigenvalue weighted by atomic mass is 16.6. The van der Waals surface area contributed by atoms with E-state index in [1.165, 1.54) is 39.0 Å². The molecular formula is C28H29NO8. The molecule has 1 aromatic carbocycles. The van der Waals surface area contributed by atoms with Crippen molar-refractivity contribution in [3.8, 4) is 5.75 Å². The highest BCUT2D eigenvalue weighted by molar-refractivity contribution is 6.32. The summed E-state index contributed by atoms with van der Waals surface area (Å²) >= 11 is 0. The van der Waals surface area contributed by atoms with Crippen LogP contribution in [0.2, 0.25) is 0 Å². The van der Waals surface area contributed by atoms with Crippen LogP contribution in [0, 0.1) is 18.3 Å². The highest BCUT2D eigenvalue weighted by Gasteiger charge is 2.50. The number of ketones is 3. The Bertz CT molecular complexity index is 1330. The standard InChI is InChI=1S/C28H29NO8/c1-5-15-6-8-17(30)14(3)37-27(36)28(4)11-10-19(32)29-23-22(28)26(35)20-16(25(23)34)12-13(2)24(33)21(20)18(31)9-7-15/h6,8,10-12,14-15,17,30,33H,5,7,9H2,1-4H3,(H,29,32)/b8-6+/t14-,15-,17-,28-/m0/s1. The van der Waals surface area contributed by atoms with E-state index in [9.17, 15) is 34.2 Å². The number of carbonyl (C=O) groups excluding carboxylic acids is 5. The van der Waals surface area contributed by atoms with Gasteiger partial charge in [0.25, 0.3) is 0 Å². The lowest BCUT2D eigenvalue weighted by atomic mass is 9.71. The van der Waals surface area contributed by atoms with Gasteiger partial charge in [-0.15, -0.1) is 0 Å². The molecule has 194 valence electrons. The summed E-state index contributed by atoms with van der Waals surface area (Å²) in [5.74, 6) is -4.35. The molecule has 0 aromatic heterocycles. The number of Topliss-reactive ketones (excluding diaryl/α,β-unsaturated/α-hetero) is 3. The van der Waals surface area contributed by atoms with E-state index in [1.807, 2.05) is 6.92 Å². The van der Waals surface area contributed by atoms with E-state index >= 15 is 0 Å². The van der Waals surface area contributed by atoms with E-state index < -0.39 is 52.6 Å². The zero-order valence-electron chi connectivity index (χ0n) is 21.1. The SMILES string of the molecule is CC[C@H]1/C=C/[C@H](O)[C@H](C)OC(=O)[C@@]2(C)C=CC(=O)NC3=C2C(=O)c2c(cc(C)c(O)c2C(=O)CC1)C3=O. The van der Waals surface area contributed by atoms with Crippen LogP contribution < -0.4 is 5.32 Å². The van der Waals surface area contributed by atoms with Crippen molar-refractivity contribution in [3.05, 3.63) is 63.9 Å². The zero-order chi connectivity index (χ0) is 27.2. The molecule has 3 aliphatic rings. The maximum absolute atomic E-state index is 14.1. The molecular weight excluding hydrogens is 478 g/mol. The summed E-state index contributed by atoms with van der Waals surface area (Å²) < 4.78 is 5.53. The number of aromatic hydroxyl groups is 1. The first-order valence-electron chi connectivity index (χ1n) is 12.2. The number of nitrogens with one attached hydrogen (secondary N) is 1. The Hall–Kier alpha value is -3.85. The smallest absolute Gasteiger partial charge is 0.320 e. The van der Waals surface area contributed by atoms with Gasteiger partial charge in [0.2, 0.25) is 11.7 Å². The van der Waals surface area contributed by atoms with Crippen LogP contribution in [-0.4, -0.2) is 51.6 Å². The number of amides is 1. The van der Waals surface area contributed by atoms with Gasteiger partial charge in [-0.1, -0.05) is 25.2 Å². The fourth-order valence-corrected chi connectivity index (χ4v) is 4.92. The number of ether oxygens (including phenoxy) is 1. The second-order valence-electron chi connectivity index (χ2n) is 9.89. The van der Waals surface area contributed by atoms with Gasteiger partial charge in [0.1, 0.15) is 23.4 Å². The molecule has 1 aromatic rings. The topological polar surface area (TPSA) is 147 Å². The number of hydrogen-bond donors (Lipinski definition) is 3. The minimum Gasteiger partial charge on any atom is -0.507 e. The van der Waals surface area contributed by atoms with Crippen LogP contribution in [0.3, 0.4) is 0 Å². The third-order valence-corrected chi connectivity index (χ3v) is 7.33. The number of aliphatic hydroxyl groups excluding tert-OH is 1. The molecule has 1 aliphatic carbocycles. The van der Waals surface area contributed by atoms with E-state index in [-0.39, 0.29) is 45.9 Å². The fraction of sp³-hybridized carbons (Fsp3) is 0.393. The van der Waals surface area contributed by atoms with E-state index in [0.29, 0.717) is 12.8 Å². The summed E-state index contributed by atoms with van der Waals surface area (Å²) in [5.41, 5.74) is -3.17. The summed E-state index contributed by atoms with van der Waals surface area (Å²) in [7, 11) is 0. The Labute approximate surface area is 213 Å². The molecule has 4 rings (SSSR count). The molecule has 4 atom stereocenters. The Balaban J connectivity index is 2.02. The van der Waals surface area contributed by atoms with Crippen molar-refractivity contribution in [2.24, 2.45) is 11.3 Å². The van der Waals surface area contributed by atoms with E-state index in [1.54, 1.807) is 6.08 Å². The van der Waals surface area contributed by atoms with Gasteiger partial charge in [-0.05, 0) is 51.2 Å². The van der Waals surface area contributed by atoms with Gasteiger partial charge in [0.05, 0.1) is 11.3 Å². The summed E-state index contributed by atoms with van der Waals surface area (Å²) in [4.78, 5) is 67.1. The number of aryl methyl sites for hydroxylation is 1. The molecule has 9 nitrogen and oxygen atoms in total. The Morgan fingerprint density at radius 3 is 2.49 bits per heavy atom. The Morgan fingerprint density at radius 2 is 1.81 bits per heavy atom. The molecule has 0 unspecified atom stereocenters.